The van der Waals surface area contributed by atoms with Gasteiger partial charge in [-0.05, 0) is 40.8 Å². The minimum atomic E-state index is -0.740. The molecule has 0 heterocycles. The maximum absolute atomic E-state index is 11.3. The Labute approximate surface area is 110 Å². The monoisotopic (exact) mass is 255 g/mol. The van der Waals surface area contributed by atoms with Crippen LogP contribution in [-0.2, 0) is 11.2 Å². The maximum atomic E-state index is 11.3. The highest BCUT2D eigenvalue weighted by Gasteiger charge is 2.20. The number of nitrogens with zero attached hydrogens (tertiary/aromatic N) is 1. The summed E-state index contributed by atoms with van der Waals surface area (Å²) in [6, 6.07) is 13.5. The first kappa shape index (κ1) is 11.9. The number of hydrogen-bond donors (Lipinski definition) is 2. The maximum Gasteiger partial charge on any atom is 0.276 e. The Bertz CT molecular complexity index is 652. The number of hydrogen-bond acceptors (Lipinski definition) is 3. The van der Waals surface area contributed by atoms with Gasteiger partial charge in [-0.15, -0.1) is 0 Å². The van der Waals surface area contributed by atoms with Gasteiger partial charge in [0.1, 0.15) is 6.61 Å². The Kier molecular flexibility index (Phi) is 2.81. The second kappa shape index (κ2) is 4.50. The Morgan fingerprint density at radius 2 is 1.84 bits per heavy atom. The first-order valence-corrected chi connectivity index (χ1v) is 6.04. The van der Waals surface area contributed by atoms with Crippen molar-refractivity contribution in [2.75, 3.05) is 11.7 Å². The van der Waals surface area contributed by atoms with Crippen molar-refractivity contribution < 1.29 is 15.1 Å². The highest BCUT2D eigenvalue weighted by molar-refractivity contribution is 5.92. The molecule has 0 radical (unpaired) electrons. The van der Waals surface area contributed by atoms with Crippen LogP contribution in [0.4, 0.5) is 5.69 Å². The lowest BCUT2D eigenvalue weighted by Gasteiger charge is -2.14. The van der Waals surface area contributed by atoms with E-state index in [1.807, 2.05) is 18.2 Å². The molecule has 0 aliphatic heterocycles. The molecule has 3 rings (SSSR count). The third kappa shape index (κ3) is 1.91. The van der Waals surface area contributed by atoms with Crippen molar-refractivity contribution in [2.24, 2.45) is 0 Å². The fourth-order valence-corrected chi connectivity index (χ4v) is 2.47. The summed E-state index contributed by atoms with van der Waals surface area (Å²) in [5.41, 5.74) is 5.02. The molecule has 0 aromatic heterocycles. The molecule has 1 aliphatic carbocycles. The molecule has 0 saturated heterocycles. The second-order valence-electron chi connectivity index (χ2n) is 4.54. The molecule has 4 nitrogen and oxygen atoms in total. The molecule has 0 atom stereocenters. The highest BCUT2D eigenvalue weighted by Crippen LogP contribution is 2.37. The SMILES string of the molecule is O=C(CO)N(O)c1ccc2c(c1)Cc1ccccc1-2. The molecule has 1 aliphatic rings. The number of aliphatic hydroxyl groups excluding tert-OH is 1. The molecule has 0 spiro atoms. The fourth-order valence-electron chi connectivity index (χ4n) is 2.47. The van der Waals surface area contributed by atoms with Crippen LogP contribution in [0.3, 0.4) is 0 Å². The van der Waals surface area contributed by atoms with E-state index in [4.69, 9.17) is 5.11 Å². The van der Waals surface area contributed by atoms with E-state index in [0.29, 0.717) is 10.8 Å². The highest BCUT2D eigenvalue weighted by atomic mass is 16.5. The minimum absolute atomic E-state index is 0.380. The van der Waals surface area contributed by atoms with Gasteiger partial charge in [-0.25, -0.2) is 0 Å². The zero-order valence-corrected chi connectivity index (χ0v) is 10.2. The third-order valence-electron chi connectivity index (χ3n) is 3.39. The molecular formula is C15H13NO3. The molecule has 0 unspecified atom stereocenters. The molecule has 0 saturated carbocycles. The van der Waals surface area contributed by atoms with Crippen LogP contribution >= 0.6 is 0 Å². The number of aliphatic hydroxyl groups is 1. The summed E-state index contributed by atoms with van der Waals surface area (Å²) < 4.78 is 0. The summed E-state index contributed by atoms with van der Waals surface area (Å²) in [6.45, 7) is -0.714. The molecule has 96 valence electrons. The third-order valence-corrected chi connectivity index (χ3v) is 3.39. The van der Waals surface area contributed by atoms with E-state index in [1.54, 1.807) is 12.1 Å². The van der Waals surface area contributed by atoms with E-state index in [-0.39, 0.29) is 0 Å². The average Bonchev–Trinajstić information content (AvgIpc) is 2.83. The molecule has 2 aromatic rings. The topological polar surface area (TPSA) is 60.8 Å². The van der Waals surface area contributed by atoms with Gasteiger partial charge in [-0.2, -0.15) is 5.06 Å². The van der Waals surface area contributed by atoms with Gasteiger partial charge in [-0.3, -0.25) is 10.0 Å². The minimum Gasteiger partial charge on any atom is -0.386 e. The van der Waals surface area contributed by atoms with Crippen molar-refractivity contribution in [2.45, 2.75) is 6.42 Å². The van der Waals surface area contributed by atoms with E-state index in [1.165, 1.54) is 11.1 Å². The summed E-state index contributed by atoms with van der Waals surface area (Å²) in [4.78, 5) is 11.3. The van der Waals surface area contributed by atoms with Gasteiger partial charge in [0.2, 0.25) is 0 Å². The molecule has 4 heteroatoms. The molecule has 0 fully saturated rings. The number of anilines is 1. The zero-order valence-electron chi connectivity index (χ0n) is 10.2. The van der Waals surface area contributed by atoms with Crippen LogP contribution in [0.25, 0.3) is 11.1 Å². The van der Waals surface area contributed by atoms with Crippen LogP contribution in [0.15, 0.2) is 42.5 Å². The molecule has 19 heavy (non-hydrogen) atoms. The van der Waals surface area contributed by atoms with Gasteiger partial charge in [0.05, 0.1) is 5.69 Å². The molecular weight excluding hydrogens is 242 g/mol. The van der Waals surface area contributed by atoms with Crippen molar-refractivity contribution in [3.05, 3.63) is 53.6 Å². The number of benzene rings is 2. The Morgan fingerprint density at radius 3 is 2.63 bits per heavy atom. The first-order valence-electron chi connectivity index (χ1n) is 6.04. The van der Waals surface area contributed by atoms with E-state index < -0.39 is 12.5 Å². The number of rotatable bonds is 2. The van der Waals surface area contributed by atoms with Crippen LogP contribution < -0.4 is 5.06 Å². The molecule has 2 N–H and O–H groups in total. The molecule has 1 amide bonds. The van der Waals surface area contributed by atoms with Crippen LogP contribution in [-0.4, -0.2) is 22.8 Å². The zero-order chi connectivity index (χ0) is 13.4. The van der Waals surface area contributed by atoms with Crippen LogP contribution in [0, 0.1) is 0 Å². The standard InChI is InChI=1S/C15H13NO3/c17-9-15(18)16(19)12-5-6-14-11(8-12)7-10-3-1-2-4-13(10)14/h1-6,8,17,19H,7,9H2. The van der Waals surface area contributed by atoms with Crippen molar-refractivity contribution in [3.8, 4) is 11.1 Å². The lowest BCUT2D eigenvalue weighted by atomic mass is 10.1. The summed E-state index contributed by atoms with van der Waals surface area (Å²) >= 11 is 0. The van der Waals surface area contributed by atoms with Gasteiger partial charge in [-0.1, -0.05) is 30.3 Å². The van der Waals surface area contributed by atoms with E-state index in [9.17, 15) is 10.0 Å². The summed E-state index contributed by atoms with van der Waals surface area (Å²) in [6.07, 6.45) is 0.792. The van der Waals surface area contributed by atoms with Gasteiger partial charge in [0.25, 0.3) is 5.91 Å². The lowest BCUT2D eigenvalue weighted by molar-refractivity contribution is -0.126. The van der Waals surface area contributed by atoms with E-state index in [0.717, 1.165) is 17.5 Å². The Balaban J connectivity index is 2.00. The lowest BCUT2D eigenvalue weighted by Crippen LogP contribution is -2.29. The van der Waals surface area contributed by atoms with Crippen molar-refractivity contribution in [3.63, 3.8) is 0 Å². The van der Waals surface area contributed by atoms with E-state index in [2.05, 4.69) is 12.1 Å². The summed E-state index contributed by atoms with van der Waals surface area (Å²) in [5, 5.41) is 18.9. The molecule has 2 aromatic carbocycles. The van der Waals surface area contributed by atoms with E-state index >= 15 is 0 Å². The predicted molar refractivity (Wildman–Crippen MR) is 71.0 cm³/mol. The fraction of sp³-hybridized carbons (Fsp3) is 0.133. The van der Waals surface area contributed by atoms with Crippen LogP contribution in [0.2, 0.25) is 0 Å². The quantitative estimate of drug-likeness (QED) is 0.543. The first-order chi connectivity index (χ1) is 9.20. The number of carbonyl (C=O) groups excluding carboxylic acids is 1. The smallest absolute Gasteiger partial charge is 0.276 e. The Hall–Kier alpha value is -2.17. The number of fused-ring (bicyclic) bond motifs is 3. The van der Waals surface area contributed by atoms with Gasteiger partial charge in [0, 0.05) is 0 Å². The number of amides is 1. The van der Waals surface area contributed by atoms with Crippen molar-refractivity contribution in [1.82, 2.24) is 0 Å². The van der Waals surface area contributed by atoms with Crippen molar-refractivity contribution >= 4 is 11.6 Å². The molecule has 0 bridgehead atoms. The van der Waals surface area contributed by atoms with Crippen molar-refractivity contribution in [1.29, 1.82) is 0 Å². The number of carbonyl (C=O) groups is 1. The van der Waals surface area contributed by atoms with Crippen LogP contribution in [0.5, 0.6) is 0 Å². The largest absolute Gasteiger partial charge is 0.386 e. The summed E-state index contributed by atoms with van der Waals surface area (Å²) in [5.74, 6) is -0.740. The van der Waals surface area contributed by atoms with Crippen LogP contribution in [0.1, 0.15) is 11.1 Å². The number of hydroxylamine groups is 1. The van der Waals surface area contributed by atoms with Gasteiger partial charge in [0.15, 0.2) is 0 Å². The van der Waals surface area contributed by atoms with Gasteiger partial charge >= 0.3 is 0 Å². The predicted octanol–water partition coefficient (Wildman–Crippen LogP) is 1.97. The summed E-state index contributed by atoms with van der Waals surface area (Å²) in [7, 11) is 0. The Morgan fingerprint density at radius 1 is 1.11 bits per heavy atom. The average molecular weight is 255 g/mol. The second-order valence-corrected chi connectivity index (χ2v) is 4.54. The van der Waals surface area contributed by atoms with Gasteiger partial charge < -0.3 is 5.11 Å². The normalized spacial score (nSPS) is 11.9.